The summed E-state index contributed by atoms with van der Waals surface area (Å²) in [6.45, 7) is 0. The largest absolute Gasteiger partial charge is 0.386 e. The summed E-state index contributed by atoms with van der Waals surface area (Å²) in [6.07, 6.45) is -0.801. The third-order valence-corrected chi connectivity index (χ3v) is 2.70. The lowest BCUT2D eigenvalue weighted by Crippen LogP contribution is -1.93. The third-order valence-electron chi connectivity index (χ3n) is 1.27. The Morgan fingerprint density at radius 1 is 1.75 bits per heavy atom. The van der Waals surface area contributed by atoms with Gasteiger partial charge >= 0.3 is 5.00 Å². The summed E-state index contributed by atoms with van der Waals surface area (Å²) < 4.78 is 0. The van der Waals surface area contributed by atoms with Gasteiger partial charge in [-0.3, -0.25) is 10.1 Å². The molecule has 1 aromatic heterocycles. The second-order valence-electron chi connectivity index (χ2n) is 2.10. The second kappa shape index (κ2) is 3.84. The van der Waals surface area contributed by atoms with Crippen LogP contribution in [-0.4, -0.2) is 15.9 Å². The molecular weight excluding hydrogens is 202 g/mol. The third kappa shape index (κ3) is 1.94. The Bertz CT molecular complexity index is 288. The van der Waals surface area contributed by atoms with Crippen LogP contribution in [0, 0.1) is 10.1 Å². The fourth-order valence-electron chi connectivity index (χ4n) is 0.695. The van der Waals surface area contributed by atoms with Gasteiger partial charge in [0.1, 0.15) is 6.10 Å². The van der Waals surface area contributed by atoms with Gasteiger partial charge in [0.2, 0.25) is 0 Å². The summed E-state index contributed by atoms with van der Waals surface area (Å²) in [6, 6.07) is 2.87. The molecule has 4 nitrogen and oxygen atoms in total. The Kier molecular flexibility index (Phi) is 3.02. The molecule has 0 saturated carbocycles. The molecule has 0 spiro atoms. The molecule has 0 saturated heterocycles. The number of aliphatic hydroxyl groups excluding tert-OH is 1. The molecule has 0 fully saturated rings. The zero-order valence-electron chi connectivity index (χ0n) is 5.94. The Morgan fingerprint density at radius 3 is 2.83 bits per heavy atom. The van der Waals surface area contributed by atoms with Gasteiger partial charge in [-0.25, -0.2) is 0 Å². The molecule has 12 heavy (non-hydrogen) atoms. The number of thiophene rings is 1. The Labute approximate surface area is 77.6 Å². The number of nitrogens with zero attached hydrogens (tertiary/aromatic N) is 1. The van der Waals surface area contributed by atoms with Crippen molar-refractivity contribution >= 4 is 27.9 Å². The highest BCUT2D eigenvalue weighted by molar-refractivity contribution is 7.15. The number of hydrogen-bond donors (Lipinski definition) is 1. The quantitative estimate of drug-likeness (QED) is 0.468. The van der Waals surface area contributed by atoms with Gasteiger partial charge in [-0.05, 0) is 6.07 Å². The Hall–Kier alpha value is -0.650. The molecule has 0 radical (unpaired) electrons. The summed E-state index contributed by atoms with van der Waals surface area (Å²) in [5, 5.41) is 19.4. The van der Waals surface area contributed by atoms with Gasteiger partial charge in [-0.2, -0.15) is 0 Å². The van der Waals surface area contributed by atoms with Gasteiger partial charge in [-0.15, -0.1) is 11.6 Å². The molecule has 1 rings (SSSR count). The molecule has 66 valence electrons. The first-order valence-corrected chi connectivity index (χ1v) is 4.48. The van der Waals surface area contributed by atoms with Crippen LogP contribution in [0.4, 0.5) is 5.00 Å². The van der Waals surface area contributed by atoms with E-state index in [0.29, 0.717) is 4.88 Å². The zero-order chi connectivity index (χ0) is 9.14. The lowest BCUT2D eigenvalue weighted by Gasteiger charge is -1.99. The average molecular weight is 208 g/mol. The van der Waals surface area contributed by atoms with E-state index in [1.54, 1.807) is 0 Å². The number of alkyl halides is 1. The van der Waals surface area contributed by atoms with Crippen LogP contribution in [0.5, 0.6) is 0 Å². The van der Waals surface area contributed by atoms with E-state index >= 15 is 0 Å². The van der Waals surface area contributed by atoms with E-state index in [2.05, 4.69) is 0 Å². The molecule has 1 atom stereocenters. The number of nitro groups is 1. The van der Waals surface area contributed by atoms with Crippen LogP contribution in [0.1, 0.15) is 11.0 Å². The lowest BCUT2D eigenvalue weighted by molar-refractivity contribution is -0.380. The zero-order valence-corrected chi connectivity index (χ0v) is 7.51. The maximum Gasteiger partial charge on any atom is 0.324 e. The van der Waals surface area contributed by atoms with Crippen molar-refractivity contribution in [3.8, 4) is 0 Å². The molecule has 1 unspecified atom stereocenters. The molecule has 6 heteroatoms. The second-order valence-corrected chi connectivity index (χ2v) is 3.51. The maximum absolute atomic E-state index is 10.2. The minimum Gasteiger partial charge on any atom is -0.386 e. The number of halogens is 1. The minimum atomic E-state index is -0.801. The van der Waals surface area contributed by atoms with E-state index in [1.807, 2.05) is 0 Å². The normalized spacial score (nSPS) is 12.8. The maximum atomic E-state index is 10.2. The van der Waals surface area contributed by atoms with Crippen molar-refractivity contribution in [2.45, 2.75) is 6.10 Å². The van der Waals surface area contributed by atoms with Crippen LogP contribution in [0.25, 0.3) is 0 Å². The van der Waals surface area contributed by atoms with E-state index < -0.39 is 11.0 Å². The predicted octanol–water partition coefficient (Wildman–Crippen LogP) is 1.93. The van der Waals surface area contributed by atoms with Crippen LogP contribution in [-0.2, 0) is 0 Å². The highest BCUT2D eigenvalue weighted by Crippen LogP contribution is 2.28. The van der Waals surface area contributed by atoms with Gasteiger partial charge in [0.15, 0.2) is 0 Å². The van der Waals surface area contributed by atoms with Gasteiger partial charge in [0.05, 0.1) is 10.8 Å². The molecular formula is C6H6ClNO3S. The van der Waals surface area contributed by atoms with Crippen LogP contribution < -0.4 is 0 Å². The van der Waals surface area contributed by atoms with Gasteiger partial charge in [0, 0.05) is 10.9 Å². The van der Waals surface area contributed by atoms with Gasteiger partial charge < -0.3 is 5.11 Å². The van der Waals surface area contributed by atoms with E-state index in [9.17, 15) is 15.2 Å². The van der Waals surface area contributed by atoms with Crippen molar-refractivity contribution in [1.29, 1.82) is 0 Å². The summed E-state index contributed by atoms with van der Waals surface area (Å²) >= 11 is 6.30. The molecule has 0 aliphatic rings. The Balaban J connectivity index is 2.84. The summed E-state index contributed by atoms with van der Waals surface area (Å²) in [5.41, 5.74) is 0. The number of hydrogen-bond acceptors (Lipinski definition) is 4. The number of aliphatic hydroxyl groups is 1. The van der Waals surface area contributed by atoms with E-state index in [1.165, 1.54) is 12.1 Å². The highest BCUT2D eigenvalue weighted by Gasteiger charge is 2.14. The molecule has 0 aromatic carbocycles. The molecule has 0 aliphatic carbocycles. The van der Waals surface area contributed by atoms with Crippen molar-refractivity contribution < 1.29 is 10.0 Å². The molecule has 0 aliphatic heterocycles. The highest BCUT2D eigenvalue weighted by atomic mass is 35.5. The van der Waals surface area contributed by atoms with Crippen LogP contribution in [0.15, 0.2) is 12.1 Å². The SMILES string of the molecule is O=[N+]([O-])c1ccc(C(O)CCl)s1. The average Bonchev–Trinajstić information content (AvgIpc) is 2.51. The predicted molar refractivity (Wildman–Crippen MR) is 46.7 cm³/mol. The van der Waals surface area contributed by atoms with Crippen molar-refractivity contribution in [3.63, 3.8) is 0 Å². The summed E-state index contributed by atoms with van der Waals surface area (Å²) in [5.74, 6) is 0.0532. The molecule has 0 bridgehead atoms. The topological polar surface area (TPSA) is 63.4 Å². The summed E-state index contributed by atoms with van der Waals surface area (Å²) in [7, 11) is 0. The first-order chi connectivity index (χ1) is 5.65. The fourth-order valence-corrected chi connectivity index (χ4v) is 1.76. The fraction of sp³-hybridized carbons (Fsp3) is 0.333. The first-order valence-electron chi connectivity index (χ1n) is 3.13. The smallest absolute Gasteiger partial charge is 0.324 e. The van der Waals surface area contributed by atoms with Crippen molar-refractivity contribution in [1.82, 2.24) is 0 Å². The lowest BCUT2D eigenvalue weighted by atomic mass is 10.3. The van der Waals surface area contributed by atoms with E-state index in [0.717, 1.165) is 11.3 Å². The van der Waals surface area contributed by atoms with E-state index in [4.69, 9.17) is 11.6 Å². The van der Waals surface area contributed by atoms with Crippen molar-refractivity contribution in [2.75, 3.05) is 5.88 Å². The van der Waals surface area contributed by atoms with Gasteiger partial charge in [-0.1, -0.05) is 11.3 Å². The molecule has 1 N–H and O–H groups in total. The molecule has 1 heterocycles. The number of rotatable bonds is 3. The minimum absolute atomic E-state index is 0.0224. The van der Waals surface area contributed by atoms with Crippen LogP contribution in [0.2, 0.25) is 0 Å². The monoisotopic (exact) mass is 207 g/mol. The first kappa shape index (κ1) is 9.44. The molecule has 1 aromatic rings. The van der Waals surface area contributed by atoms with Crippen LogP contribution >= 0.6 is 22.9 Å². The van der Waals surface area contributed by atoms with Crippen molar-refractivity contribution in [3.05, 3.63) is 27.1 Å². The standard InChI is InChI=1S/C6H6ClNO3S/c7-3-4(9)5-1-2-6(12-5)8(10)11/h1-2,4,9H,3H2. The molecule has 0 amide bonds. The van der Waals surface area contributed by atoms with Crippen LogP contribution in [0.3, 0.4) is 0 Å². The van der Waals surface area contributed by atoms with E-state index in [-0.39, 0.29) is 10.9 Å². The van der Waals surface area contributed by atoms with Gasteiger partial charge in [0.25, 0.3) is 0 Å². The summed E-state index contributed by atoms with van der Waals surface area (Å²) in [4.78, 5) is 10.3. The Morgan fingerprint density at radius 2 is 2.42 bits per heavy atom. The van der Waals surface area contributed by atoms with Crippen molar-refractivity contribution in [2.24, 2.45) is 0 Å².